The Hall–Kier alpha value is -1.77. The summed E-state index contributed by atoms with van der Waals surface area (Å²) >= 11 is 0. The van der Waals surface area contributed by atoms with Crippen LogP contribution in [0.5, 0.6) is 5.75 Å². The number of allylic oxidation sites excluding steroid dienone is 1. The highest BCUT2D eigenvalue weighted by atomic mass is 16.3. The van der Waals surface area contributed by atoms with Crippen LogP contribution in [0.15, 0.2) is 28.2 Å². The fraction of sp³-hybridized carbons (Fsp3) is 0.308. The monoisotopic (exact) mass is 215 g/mol. The molecule has 0 atom stereocenters. The minimum atomic E-state index is 0.223. The van der Waals surface area contributed by atoms with Crippen LogP contribution in [-0.4, -0.2) is 10.1 Å². The first-order valence-electron chi connectivity index (χ1n) is 5.60. The van der Waals surface area contributed by atoms with Crippen LogP contribution in [0, 0.1) is 0 Å². The van der Waals surface area contributed by atoms with Gasteiger partial charge in [-0.3, -0.25) is 0 Å². The van der Waals surface area contributed by atoms with Gasteiger partial charge in [-0.15, -0.1) is 0 Å². The molecule has 1 aliphatic rings. The molecular formula is C13H13NO2. The van der Waals surface area contributed by atoms with E-state index in [0.717, 1.165) is 18.4 Å². The first kappa shape index (κ1) is 9.46. The van der Waals surface area contributed by atoms with Crippen LogP contribution in [0.25, 0.3) is 17.2 Å². The van der Waals surface area contributed by atoms with Crippen LogP contribution in [-0.2, 0) is 0 Å². The first-order valence-corrected chi connectivity index (χ1v) is 5.60. The number of phenolic OH excluding ortho intramolecular Hbond substituents is 1. The van der Waals surface area contributed by atoms with Gasteiger partial charge in [-0.05, 0) is 43.9 Å². The Morgan fingerprint density at radius 3 is 2.88 bits per heavy atom. The standard InChI is InChI=1S/C13H13NO2/c15-10-5-6-12-11(8-10)14-13(16-12)7-9-3-1-2-4-9/h5-8,15H,1-4H2. The topological polar surface area (TPSA) is 46.3 Å². The fourth-order valence-corrected chi connectivity index (χ4v) is 2.14. The molecular weight excluding hydrogens is 202 g/mol. The number of aromatic nitrogens is 1. The summed E-state index contributed by atoms with van der Waals surface area (Å²) in [5, 5.41) is 9.33. The van der Waals surface area contributed by atoms with Crippen molar-refractivity contribution in [1.82, 2.24) is 4.98 Å². The van der Waals surface area contributed by atoms with Gasteiger partial charge in [0.1, 0.15) is 11.3 Å². The molecule has 3 heteroatoms. The van der Waals surface area contributed by atoms with E-state index in [-0.39, 0.29) is 5.75 Å². The third kappa shape index (κ3) is 1.69. The summed E-state index contributed by atoms with van der Waals surface area (Å²) < 4.78 is 5.59. The summed E-state index contributed by atoms with van der Waals surface area (Å²) in [5.74, 6) is 0.873. The van der Waals surface area contributed by atoms with Crippen molar-refractivity contribution in [2.45, 2.75) is 25.7 Å². The van der Waals surface area contributed by atoms with Crippen molar-refractivity contribution in [1.29, 1.82) is 0 Å². The van der Waals surface area contributed by atoms with E-state index in [1.807, 2.05) is 6.08 Å². The van der Waals surface area contributed by atoms with Gasteiger partial charge in [0.25, 0.3) is 0 Å². The smallest absolute Gasteiger partial charge is 0.219 e. The normalized spacial score (nSPS) is 15.9. The third-order valence-corrected chi connectivity index (χ3v) is 2.96. The molecule has 1 aliphatic carbocycles. The predicted octanol–water partition coefficient (Wildman–Crippen LogP) is 3.49. The van der Waals surface area contributed by atoms with Crippen molar-refractivity contribution in [3.63, 3.8) is 0 Å². The number of phenols is 1. The quantitative estimate of drug-likeness (QED) is 0.792. The molecule has 0 saturated heterocycles. The Balaban J connectivity index is 2.01. The Kier molecular flexibility index (Phi) is 2.17. The third-order valence-electron chi connectivity index (χ3n) is 2.96. The van der Waals surface area contributed by atoms with Crippen molar-refractivity contribution in [2.24, 2.45) is 0 Å². The van der Waals surface area contributed by atoms with Gasteiger partial charge in [0.05, 0.1) is 0 Å². The number of nitrogens with zero attached hydrogens (tertiary/aromatic N) is 1. The highest BCUT2D eigenvalue weighted by molar-refractivity contribution is 5.75. The first-order chi connectivity index (χ1) is 7.81. The molecule has 82 valence electrons. The second-order valence-electron chi connectivity index (χ2n) is 4.21. The summed E-state index contributed by atoms with van der Waals surface area (Å²) in [6.07, 6.45) is 6.89. The molecule has 2 aromatic rings. The Labute approximate surface area is 93.4 Å². The number of hydrogen-bond donors (Lipinski definition) is 1. The highest BCUT2D eigenvalue weighted by Gasteiger charge is 2.09. The van der Waals surface area contributed by atoms with Gasteiger partial charge in [-0.1, -0.05) is 5.57 Å². The molecule has 0 amide bonds. The Morgan fingerprint density at radius 1 is 1.25 bits per heavy atom. The van der Waals surface area contributed by atoms with Gasteiger partial charge < -0.3 is 9.52 Å². The summed E-state index contributed by atoms with van der Waals surface area (Å²) in [4.78, 5) is 4.33. The van der Waals surface area contributed by atoms with Crippen molar-refractivity contribution in [3.8, 4) is 5.75 Å². The molecule has 1 heterocycles. The molecule has 0 aliphatic heterocycles. The van der Waals surface area contributed by atoms with Gasteiger partial charge in [-0.25, -0.2) is 4.98 Å². The molecule has 0 spiro atoms. The van der Waals surface area contributed by atoms with Crippen molar-refractivity contribution < 1.29 is 9.52 Å². The molecule has 16 heavy (non-hydrogen) atoms. The second kappa shape index (κ2) is 3.67. The molecule has 3 nitrogen and oxygen atoms in total. The Morgan fingerprint density at radius 2 is 2.06 bits per heavy atom. The molecule has 1 aromatic carbocycles. The average Bonchev–Trinajstić information content (AvgIpc) is 2.86. The zero-order chi connectivity index (χ0) is 11.0. The number of aromatic hydroxyl groups is 1. The number of benzene rings is 1. The van der Waals surface area contributed by atoms with E-state index in [1.54, 1.807) is 18.2 Å². The maximum absolute atomic E-state index is 9.33. The molecule has 1 aromatic heterocycles. The number of oxazole rings is 1. The maximum Gasteiger partial charge on any atom is 0.219 e. The number of fused-ring (bicyclic) bond motifs is 1. The van der Waals surface area contributed by atoms with E-state index in [1.165, 1.54) is 18.4 Å². The van der Waals surface area contributed by atoms with Crippen LogP contribution in [0.2, 0.25) is 0 Å². The van der Waals surface area contributed by atoms with Crippen LogP contribution in [0.3, 0.4) is 0 Å². The van der Waals surface area contributed by atoms with E-state index in [0.29, 0.717) is 11.4 Å². The van der Waals surface area contributed by atoms with Crippen LogP contribution < -0.4 is 0 Å². The van der Waals surface area contributed by atoms with E-state index >= 15 is 0 Å². The lowest BCUT2D eigenvalue weighted by atomic mass is 10.2. The molecule has 0 unspecified atom stereocenters. The lowest BCUT2D eigenvalue weighted by molar-refractivity contribution is 0.476. The lowest BCUT2D eigenvalue weighted by Gasteiger charge is -1.90. The zero-order valence-corrected chi connectivity index (χ0v) is 8.94. The number of hydrogen-bond acceptors (Lipinski definition) is 3. The summed E-state index contributed by atoms with van der Waals surface area (Å²) in [6, 6.07) is 4.98. The van der Waals surface area contributed by atoms with E-state index in [9.17, 15) is 5.11 Å². The minimum Gasteiger partial charge on any atom is -0.508 e. The van der Waals surface area contributed by atoms with Crippen molar-refractivity contribution in [3.05, 3.63) is 29.7 Å². The summed E-state index contributed by atoms with van der Waals surface area (Å²) in [5.41, 5.74) is 2.85. The highest BCUT2D eigenvalue weighted by Crippen LogP contribution is 2.27. The van der Waals surface area contributed by atoms with E-state index < -0.39 is 0 Å². The molecule has 3 rings (SSSR count). The van der Waals surface area contributed by atoms with Crippen molar-refractivity contribution >= 4 is 17.2 Å². The van der Waals surface area contributed by atoms with E-state index in [2.05, 4.69) is 4.98 Å². The Bertz CT molecular complexity index is 546. The molecule has 1 saturated carbocycles. The lowest BCUT2D eigenvalue weighted by Crippen LogP contribution is -1.74. The van der Waals surface area contributed by atoms with Crippen LogP contribution in [0.4, 0.5) is 0 Å². The van der Waals surface area contributed by atoms with Gasteiger partial charge in [0, 0.05) is 6.07 Å². The average molecular weight is 215 g/mol. The summed E-state index contributed by atoms with van der Waals surface area (Å²) in [7, 11) is 0. The second-order valence-corrected chi connectivity index (χ2v) is 4.21. The van der Waals surface area contributed by atoms with Crippen molar-refractivity contribution in [2.75, 3.05) is 0 Å². The van der Waals surface area contributed by atoms with Gasteiger partial charge in [-0.2, -0.15) is 0 Å². The molecule has 1 fully saturated rings. The van der Waals surface area contributed by atoms with Crippen LogP contribution >= 0.6 is 0 Å². The molecule has 0 radical (unpaired) electrons. The molecule has 1 N–H and O–H groups in total. The van der Waals surface area contributed by atoms with Gasteiger partial charge >= 0.3 is 0 Å². The number of rotatable bonds is 1. The molecule has 0 bridgehead atoms. The summed E-state index contributed by atoms with van der Waals surface area (Å²) in [6.45, 7) is 0. The zero-order valence-electron chi connectivity index (χ0n) is 8.94. The van der Waals surface area contributed by atoms with E-state index in [4.69, 9.17) is 4.42 Å². The fourth-order valence-electron chi connectivity index (χ4n) is 2.14. The minimum absolute atomic E-state index is 0.223. The van der Waals surface area contributed by atoms with Crippen LogP contribution in [0.1, 0.15) is 31.6 Å². The maximum atomic E-state index is 9.33. The predicted molar refractivity (Wildman–Crippen MR) is 62.1 cm³/mol. The van der Waals surface area contributed by atoms with Gasteiger partial charge in [0.2, 0.25) is 5.89 Å². The largest absolute Gasteiger partial charge is 0.508 e. The van der Waals surface area contributed by atoms with Gasteiger partial charge in [0.15, 0.2) is 5.58 Å². The SMILES string of the molecule is Oc1ccc2oc(C=C3CCCC3)nc2c1.